The molecule has 0 atom stereocenters. The lowest BCUT2D eigenvalue weighted by atomic mass is 9.92. The lowest BCUT2D eigenvalue weighted by molar-refractivity contribution is 0.916. The fourth-order valence-corrected chi connectivity index (χ4v) is 5.39. The van der Waals surface area contributed by atoms with Crippen molar-refractivity contribution >= 4 is 34.4 Å². The second-order valence-electron chi connectivity index (χ2n) is 9.45. The minimum Gasteiger partial charge on any atom is -0.335 e. The minimum atomic E-state index is 0.733. The van der Waals surface area contributed by atoms with Crippen LogP contribution in [0.5, 0.6) is 0 Å². The highest BCUT2D eigenvalue weighted by Crippen LogP contribution is 2.41. The SMILES string of the molecule is C=CC1=C(C=C)N(c2ccc(-c3ccc(-c4ccc5ccccc5c4)cc3)cc2N=C)Cc2ccccc21. The second kappa shape index (κ2) is 9.84. The van der Waals surface area contributed by atoms with Crippen molar-refractivity contribution in [2.75, 3.05) is 4.90 Å². The molecule has 0 radical (unpaired) electrons. The van der Waals surface area contributed by atoms with Gasteiger partial charge in [0.2, 0.25) is 0 Å². The Hall–Kier alpha value is -4.95. The monoisotopic (exact) mass is 488 g/mol. The summed E-state index contributed by atoms with van der Waals surface area (Å²) < 4.78 is 0. The highest BCUT2D eigenvalue weighted by molar-refractivity contribution is 5.89. The van der Waals surface area contributed by atoms with Crippen molar-refractivity contribution in [2.45, 2.75) is 6.54 Å². The number of aliphatic imine (C=N–C) groups is 1. The average Bonchev–Trinajstić information content (AvgIpc) is 2.99. The number of benzene rings is 5. The number of allylic oxidation sites excluding steroid dienone is 3. The van der Waals surface area contributed by atoms with Crippen molar-refractivity contribution in [2.24, 2.45) is 4.99 Å². The quantitative estimate of drug-likeness (QED) is 0.217. The summed E-state index contributed by atoms with van der Waals surface area (Å²) in [4.78, 5) is 6.68. The number of hydrogen-bond acceptors (Lipinski definition) is 2. The van der Waals surface area contributed by atoms with E-state index in [1.165, 1.54) is 33.0 Å². The molecule has 2 heteroatoms. The van der Waals surface area contributed by atoms with Crippen LogP contribution >= 0.6 is 0 Å². The maximum Gasteiger partial charge on any atom is 0.0865 e. The third kappa shape index (κ3) is 4.07. The van der Waals surface area contributed by atoms with Crippen molar-refractivity contribution in [3.8, 4) is 22.3 Å². The number of anilines is 1. The van der Waals surface area contributed by atoms with E-state index in [2.05, 4.69) is 139 Å². The topological polar surface area (TPSA) is 15.6 Å². The van der Waals surface area contributed by atoms with E-state index in [0.29, 0.717) is 0 Å². The van der Waals surface area contributed by atoms with Crippen LogP contribution in [0.4, 0.5) is 11.4 Å². The van der Waals surface area contributed by atoms with Gasteiger partial charge in [0.05, 0.1) is 11.4 Å². The summed E-state index contributed by atoms with van der Waals surface area (Å²) in [5, 5.41) is 2.50. The van der Waals surface area contributed by atoms with Crippen LogP contribution < -0.4 is 4.90 Å². The van der Waals surface area contributed by atoms with Crippen molar-refractivity contribution in [1.82, 2.24) is 0 Å². The zero-order valence-electron chi connectivity index (χ0n) is 21.3. The van der Waals surface area contributed by atoms with Crippen LogP contribution in [0.2, 0.25) is 0 Å². The first-order valence-electron chi connectivity index (χ1n) is 12.8. The molecule has 0 saturated carbocycles. The van der Waals surface area contributed by atoms with E-state index >= 15 is 0 Å². The van der Waals surface area contributed by atoms with E-state index in [1.54, 1.807) is 0 Å². The number of rotatable bonds is 6. The Labute approximate surface area is 224 Å². The molecule has 38 heavy (non-hydrogen) atoms. The zero-order chi connectivity index (χ0) is 26.1. The van der Waals surface area contributed by atoms with Gasteiger partial charge in [-0.2, -0.15) is 0 Å². The molecular formula is C36H28N2. The predicted octanol–water partition coefficient (Wildman–Crippen LogP) is 9.61. The van der Waals surface area contributed by atoms with Crippen LogP contribution in [-0.2, 0) is 6.54 Å². The van der Waals surface area contributed by atoms with Crippen molar-refractivity contribution in [3.63, 3.8) is 0 Å². The molecule has 0 saturated heterocycles. The van der Waals surface area contributed by atoms with Crippen LogP contribution in [0.3, 0.4) is 0 Å². The fraction of sp³-hybridized carbons (Fsp3) is 0.0278. The Morgan fingerprint density at radius 1 is 0.632 bits per heavy atom. The van der Waals surface area contributed by atoms with E-state index < -0.39 is 0 Å². The van der Waals surface area contributed by atoms with Gasteiger partial charge in [-0.15, -0.1) is 0 Å². The Morgan fingerprint density at radius 2 is 1.26 bits per heavy atom. The predicted molar refractivity (Wildman–Crippen MR) is 164 cm³/mol. The third-order valence-electron chi connectivity index (χ3n) is 7.34. The molecule has 0 bridgehead atoms. The Bertz CT molecular complexity index is 1740. The standard InChI is InChI=1S/C36H28N2/c1-4-32-33-13-9-8-12-31(33)24-38(35(32)5-2)36-21-20-30(23-34(36)37-3)27-16-14-26(15-17-27)29-19-18-25-10-6-7-11-28(25)22-29/h4-23H,1-3,24H2. The van der Waals surface area contributed by atoms with Gasteiger partial charge >= 0.3 is 0 Å². The van der Waals surface area contributed by atoms with Crippen LogP contribution in [0.25, 0.3) is 38.6 Å². The molecule has 6 rings (SSSR count). The molecule has 5 aromatic carbocycles. The summed E-state index contributed by atoms with van der Waals surface area (Å²) in [6, 6.07) is 38.6. The zero-order valence-corrected chi connectivity index (χ0v) is 21.3. The normalized spacial score (nSPS) is 12.8. The number of fused-ring (bicyclic) bond motifs is 2. The average molecular weight is 489 g/mol. The smallest absolute Gasteiger partial charge is 0.0865 e. The Balaban J connectivity index is 1.35. The van der Waals surface area contributed by atoms with E-state index in [4.69, 9.17) is 0 Å². The van der Waals surface area contributed by atoms with Gasteiger partial charge in [0.25, 0.3) is 0 Å². The molecule has 1 aliphatic heterocycles. The van der Waals surface area contributed by atoms with Crippen molar-refractivity contribution < 1.29 is 0 Å². The summed E-state index contributed by atoms with van der Waals surface area (Å²) >= 11 is 0. The van der Waals surface area contributed by atoms with Gasteiger partial charge in [0, 0.05) is 17.8 Å². The largest absolute Gasteiger partial charge is 0.335 e. The molecule has 0 N–H and O–H groups in total. The van der Waals surface area contributed by atoms with Gasteiger partial charge < -0.3 is 4.90 Å². The summed E-state index contributed by atoms with van der Waals surface area (Å²) in [6.45, 7) is 12.8. The van der Waals surface area contributed by atoms with Crippen LogP contribution in [0, 0.1) is 0 Å². The molecule has 1 aliphatic rings. The molecule has 0 unspecified atom stereocenters. The molecular weight excluding hydrogens is 460 g/mol. The van der Waals surface area contributed by atoms with Gasteiger partial charge in [-0.25, -0.2) is 0 Å². The van der Waals surface area contributed by atoms with Gasteiger partial charge in [-0.05, 0) is 75.1 Å². The number of nitrogens with zero attached hydrogens (tertiary/aromatic N) is 2. The Kier molecular flexibility index (Phi) is 6.07. The lowest BCUT2D eigenvalue weighted by Gasteiger charge is -2.34. The van der Waals surface area contributed by atoms with E-state index in [9.17, 15) is 0 Å². The first kappa shape index (κ1) is 23.4. The second-order valence-corrected chi connectivity index (χ2v) is 9.45. The summed E-state index contributed by atoms with van der Waals surface area (Å²) in [5.74, 6) is 0. The molecule has 1 heterocycles. The first-order chi connectivity index (χ1) is 18.7. The molecule has 0 fully saturated rings. The van der Waals surface area contributed by atoms with Crippen LogP contribution in [-0.4, -0.2) is 6.72 Å². The molecule has 0 spiro atoms. The minimum absolute atomic E-state index is 0.733. The highest BCUT2D eigenvalue weighted by atomic mass is 15.2. The molecule has 0 aromatic heterocycles. The molecule has 182 valence electrons. The van der Waals surface area contributed by atoms with Gasteiger partial charge in [-0.3, -0.25) is 4.99 Å². The Morgan fingerprint density at radius 3 is 1.97 bits per heavy atom. The van der Waals surface area contributed by atoms with Crippen LogP contribution in [0.15, 0.2) is 145 Å². The maximum absolute atomic E-state index is 4.43. The summed E-state index contributed by atoms with van der Waals surface area (Å²) in [6.07, 6.45) is 3.81. The fourth-order valence-electron chi connectivity index (χ4n) is 5.39. The van der Waals surface area contributed by atoms with E-state index in [-0.39, 0.29) is 0 Å². The maximum atomic E-state index is 4.43. The first-order valence-corrected chi connectivity index (χ1v) is 12.8. The van der Waals surface area contributed by atoms with Crippen molar-refractivity contribution in [1.29, 1.82) is 0 Å². The van der Waals surface area contributed by atoms with E-state index in [0.717, 1.165) is 40.3 Å². The molecule has 0 aliphatic carbocycles. The third-order valence-corrected chi connectivity index (χ3v) is 7.34. The van der Waals surface area contributed by atoms with Gasteiger partial charge in [-0.1, -0.05) is 110 Å². The highest BCUT2D eigenvalue weighted by Gasteiger charge is 2.24. The van der Waals surface area contributed by atoms with Gasteiger partial charge in [0.15, 0.2) is 0 Å². The van der Waals surface area contributed by atoms with Gasteiger partial charge in [0.1, 0.15) is 0 Å². The van der Waals surface area contributed by atoms with E-state index in [1.807, 2.05) is 12.2 Å². The molecule has 2 nitrogen and oxygen atoms in total. The van der Waals surface area contributed by atoms with Crippen molar-refractivity contribution in [3.05, 3.63) is 151 Å². The number of hydrogen-bond donors (Lipinski definition) is 0. The molecule has 0 amide bonds. The summed E-state index contributed by atoms with van der Waals surface area (Å²) in [7, 11) is 0. The molecule has 5 aromatic rings. The van der Waals surface area contributed by atoms with Crippen LogP contribution in [0.1, 0.15) is 11.1 Å². The lowest BCUT2D eigenvalue weighted by Crippen LogP contribution is -2.26. The summed E-state index contributed by atoms with van der Waals surface area (Å²) in [5.41, 5.74) is 11.0.